The van der Waals surface area contributed by atoms with Crippen molar-refractivity contribution in [1.82, 2.24) is 14.9 Å². The average molecular weight is 273 g/mol. The lowest BCUT2D eigenvalue weighted by atomic mass is 10.0. The van der Waals surface area contributed by atoms with Crippen LogP contribution < -0.4 is 14.8 Å². The van der Waals surface area contributed by atoms with Gasteiger partial charge >= 0.3 is 0 Å². The molecular weight excluding hydrogens is 254 g/mol. The summed E-state index contributed by atoms with van der Waals surface area (Å²) in [6, 6.07) is 5.95. The van der Waals surface area contributed by atoms with Gasteiger partial charge in [-0.15, -0.1) is 0 Å². The van der Waals surface area contributed by atoms with Gasteiger partial charge in [0.05, 0.1) is 29.4 Å². The molecule has 0 aliphatic carbocycles. The molecule has 20 heavy (non-hydrogen) atoms. The van der Waals surface area contributed by atoms with Gasteiger partial charge in [-0.3, -0.25) is 0 Å². The predicted molar refractivity (Wildman–Crippen MR) is 76.6 cm³/mol. The minimum atomic E-state index is -0.163. The summed E-state index contributed by atoms with van der Waals surface area (Å²) in [5, 5.41) is 3.30. The van der Waals surface area contributed by atoms with Crippen molar-refractivity contribution in [2.24, 2.45) is 0 Å². The number of benzene rings is 1. The first-order valence-electron chi connectivity index (χ1n) is 6.73. The molecule has 0 spiro atoms. The molecule has 1 aromatic heterocycles. The van der Waals surface area contributed by atoms with Gasteiger partial charge in [0.2, 0.25) is 0 Å². The average Bonchev–Trinajstić information content (AvgIpc) is 2.97. The number of hydrogen-bond acceptors (Lipinski definition) is 4. The Hall–Kier alpha value is -2.01. The Kier molecular flexibility index (Phi) is 3.14. The molecule has 106 valence electrons. The fraction of sp³-hybridized carbons (Fsp3) is 0.400. The Bertz CT molecular complexity index is 619. The molecule has 0 unspecified atom stereocenters. The monoisotopic (exact) mass is 273 g/mol. The van der Waals surface area contributed by atoms with Crippen LogP contribution in [0.15, 0.2) is 30.7 Å². The van der Waals surface area contributed by atoms with E-state index in [1.165, 1.54) is 0 Å². The highest BCUT2D eigenvalue weighted by molar-refractivity contribution is 5.50. The largest absolute Gasteiger partial charge is 0.486 e. The van der Waals surface area contributed by atoms with E-state index in [0.29, 0.717) is 13.2 Å². The van der Waals surface area contributed by atoms with Crippen molar-refractivity contribution in [2.45, 2.75) is 19.4 Å². The number of hydrogen-bond donors (Lipinski definition) is 1. The van der Waals surface area contributed by atoms with Crippen molar-refractivity contribution < 1.29 is 9.47 Å². The van der Waals surface area contributed by atoms with Gasteiger partial charge in [0.25, 0.3) is 0 Å². The third kappa shape index (κ3) is 2.14. The van der Waals surface area contributed by atoms with Crippen LogP contribution in [0.1, 0.15) is 19.5 Å². The van der Waals surface area contributed by atoms with E-state index < -0.39 is 0 Å². The van der Waals surface area contributed by atoms with Crippen LogP contribution in [0.25, 0.3) is 5.69 Å². The summed E-state index contributed by atoms with van der Waals surface area (Å²) < 4.78 is 13.3. The molecule has 1 N–H and O–H groups in total. The maximum absolute atomic E-state index is 5.64. The molecule has 0 amide bonds. The van der Waals surface area contributed by atoms with Crippen LogP contribution in [0.3, 0.4) is 0 Å². The van der Waals surface area contributed by atoms with Crippen molar-refractivity contribution in [1.29, 1.82) is 0 Å². The normalized spacial score (nSPS) is 14.3. The topological polar surface area (TPSA) is 48.3 Å². The van der Waals surface area contributed by atoms with Gasteiger partial charge in [0.1, 0.15) is 13.2 Å². The first-order valence-corrected chi connectivity index (χ1v) is 6.73. The highest BCUT2D eigenvalue weighted by Crippen LogP contribution is 2.33. The maximum atomic E-state index is 5.64. The Labute approximate surface area is 118 Å². The van der Waals surface area contributed by atoms with Gasteiger partial charge in [-0.1, -0.05) is 0 Å². The zero-order chi connectivity index (χ0) is 14.2. The van der Waals surface area contributed by atoms with E-state index in [4.69, 9.17) is 9.47 Å². The van der Waals surface area contributed by atoms with Crippen molar-refractivity contribution in [3.63, 3.8) is 0 Å². The Morgan fingerprint density at radius 1 is 1.20 bits per heavy atom. The molecule has 0 saturated carbocycles. The first kappa shape index (κ1) is 13.0. The lowest BCUT2D eigenvalue weighted by molar-refractivity contribution is 0.171. The highest BCUT2D eigenvalue weighted by atomic mass is 16.6. The molecule has 0 saturated heterocycles. The van der Waals surface area contributed by atoms with E-state index >= 15 is 0 Å². The van der Waals surface area contributed by atoms with Crippen LogP contribution in [0, 0.1) is 0 Å². The number of imidazole rings is 1. The molecule has 5 heteroatoms. The van der Waals surface area contributed by atoms with Crippen molar-refractivity contribution in [2.75, 3.05) is 20.3 Å². The summed E-state index contributed by atoms with van der Waals surface area (Å²) in [5.41, 5.74) is 1.95. The summed E-state index contributed by atoms with van der Waals surface area (Å²) >= 11 is 0. The number of ether oxygens (including phenoxy) is 2. The molecule has 5 nitrogen and oxygen atoms in total. The summed E-state index contributed by atoms with van der Waals surface area (Å²) in [6.45, 7) is 5.45. The van der Waals surface area contributed by atoms with Crippen LogP contribution in [0.2, 0.25) is 0 Å². The van der Waals surface area contributed by atoms with Gasteiger partial charge in [-0.25, -0.2) is 4.98 Å². The van der Waals surface area contributed by atoms with Crippen LogP contribution in [-0.4, -0.2) is 29.8 Å². The second kappa shape index (κ2) is 4.83. The third-order valence-corrected chi connectivity index (χ3v) is 3.71. The third-order valence-electron chi connectivity index (χ3n) is 3.71. The molecule has 1 aromatic carbocycles. The lowest BCUT2D eigenvalue weighted by Gasteiger charge is -2.26. The zero-order valence-electron chi connectivity index (χ0n) is 12.0. The first-order chi connectivity index (χ1) is 9.62. The van der Waals surface area contributed by atoms with E-state index in [1.54, 1.807) is 0 Å². The predicted octanol–water partition coefficient (Wildman–Crippen LogP) is 2.10. The fourth-order valence-electron chi connectivity index (χ4n) is 2.27. The lowest BCUT2D eigenvalue weighted by Crippen LogP contribution is -2.35. The molecule has 0 fully saturated rings. The highest BCUT2D eigenvalue weighted by Gasteiger charge is 2.23. The Morgan fingerprint density at radius 3 is 2.70 bits per heavy atom. The van der Waals surface area contributed by atoms with Gasteiger partial charge in [0.15, 0.2) is 11.5 Å². The summed E-state index contributed by atoms with van der Waals surface area (Å²) in [7, 11) is 1.95. The fourth-order valence-corrected chi connectivity index (χ4v) is 2.27. The quantitative estimate of drug-likeness (QED) is 0.930. The minimum absolute atomic E-state index is 0.163. The van der Waals surface area contributed by atoms with Gasteiger partial charge in [-0.2, -0.15) is 0 Å². The second-order valence-corrected chi connectivity index (χ2v) is 5.35. The molecule has 2 aromatic rings. The van der Waals surface area contributed by atoms with Crippen LogP contribution in [0.4, 0.5) is 0 Å². The standard InChI is InChI=1S/C15H19N3O2/c1-15(2,16-3)14-9-17-10-18(14)11-4-5-12-13(8-11)20-7-6-19-12/h4-5,8-10,16H,6-7H2,1-3H3. The molecule has 0 atom stereocenters. The molecule has 3 rings (SSSR count). The molecular formula is C15H19N3O2. The molecule has 1 aliphatic rings. The maximum Gasteiger partial charge on any atom is 0.163 e. The number of nitrogens with zero attached hydrogens (tertiary/aromatic N) is 2. The van der Waals surface area contributed by atoms with E-state index in [-0.39, 0.29) is 5.54 Å². The van der Waals surface area contributed by atoms with E-state index in [0.717, 1.165) is 22.9 Å². The zero-order valence-corrected chi connectivity index (χ0v) is 12.0. The summed E-state index contributed by atoms with van der Waals surface area (Å²) in [5.74, 6) is 1.59. The number of rotatable bonds is 3. The molecule has 0 bridgehead atoms. The van der Waals surface area contributed by atoms with E-state index in [2.05, 4.69) is 28.7 Å². The van der Waals surface area contributed by atoms with E-state index in [1.807, 2.05) is 37.8 Å². The smallest absolute Gasteiger partial charge is 0.163 e. The Balaban J connectivity index is 2.04. The van der Waals surface area contributed by atoms with Crippen LogP contribution in [0.5, 0.6) is 11.5 Å². The molecule has 0 radical (unpaired) electrons. The van der Waals surface area contributed by atoms with Gasteiger partial charge in [-0.05, 0) is 33.0 Å². The Morgan fingerprint density at radius 2 is 1.95 bits per heavy atom. The van der Waals surface area contributed by atoms with Gasteiger partial charge in [0, 0.05) is 6.07 Å². The van der Waals surface area contributed by atoms with Crippen LogP contribution in [-0.2, 0) is 5.54 Å². The molecule has 1 aliphatic heterocycles. The van der Waals surface area contributed by atoms with Gasteiger partial charge < -0.3 is 19.4 Å². The summed E-state index contributed by atoms with van der Waals surface area (Å²) in [6.07, 6.45) is 3.70. The molecule has 2 heterocycles. The van der Waals surface area contributed by atoms with Crippen molar-refractivity contribution in [3.8, 4) is 17.2 Å². The summed E-state index contributed by atoms with van der Waals surface area (Å²) in [4.78, 5) is 4.28. The number of aromatic nitrogens is 2. The number of nitrogens with one attached hydrogen (secondary N) is 1. The minimum Gasteiger partial charge on any atom is -0.486 e. The SMILES string of the molecule is CNC(C)(C)c1cncn1-c1ccc2c(c1)OCCO2. The van der Waals surface area contributed by atoms with Crippen molar-refractivity contribution in [3.05, 3.63) is 36.4 Å². The number of fused-ring (bicyclic) bond motifs is 1. The second-order valence-electron chi connectivity index (χ2n) is 5.35. The van der Waals surface area contributed by atoms with E-state index in [9.17, 15) is 0 Å². The van der Waals surface area contributed by atoms with Crippen molar-refractivity contribution >= 4 is 0 Å². The van der Waals surface area contributed by atoms with Crippen LogP contribution >= 0.6 is 0 Å².